The summed E-state index contributed by atoms with van der Waals surface area (Å²) < 4.78 is 23.2. The van der Waals surface area contributed by atoms with Crippen molar-refractivity contribution in [2.24, 2.45) is 28.6 Å². The smallest absolute Gasteiger partial charge is 0.304 e. The third kappa shape index (κ3) is 4.20. The van der Waals surface area contributed by atoms with E-state index in [9.17, 15) is 9.59 Å². The van der Waals surface area contributed by atoms with Crippen LogP contribution >= 0.6 is 0 Å². The number of hydrogen-bond donors (Lipinski definition) is 0. The first-order valence-corrected chi connectivity index (χ1v) is 11.0. The zero-order valence-electron chi connectivity index (χ0n) is 19.1. The van der Waals surface area contributed by atoms with Gasteiger partial charge in [-0.2, -0.15) is 0 Å². The monoisotopic (exact) mass is 410 g/mol. The lowest BCUT2D eigenvalue weighted by Crippen LogP contribution is -2.59. The molecule has 29 heavy (non-hydrogen) atoms. The summed E-state index contributed by atoms with van der Waals surface area (Å²) in [6.07, 6.45) is 5.15. The van der Waals surface area contributed by atoms with E-state index < -0.39 is 24.2 Å². The molecule has 1 saturated heterocycles. The lowest BCUT2D eigenvalue weighted by Gasteiger charge is -2.57. The van der Waals surface area contributed by atoms with E-state index in [2.05, 4.69) is 27.7 Å². The van der Waals surface area contributed by atoms with Gasteiger partial charge in [-0.25, -0.2) is 0 Å². The molecular weight excluding hydrogens is 372 g/mol. The van der Waals surface area contributed by atoms with E-state index in [1.165, 1.54) is 33.1 Å². The Hall–Kier alpha value is -1.14. The van der Waals surface area contributed by atoms with Crippen LogP contribution in [-0.2, 0) is 28.5 Å². The van der Waals surface area contributed by atoms with Gasteiger partial charge in [0, 0.05) is 26.9 Å². The Morgan fingerprint density at radius 3 is 2.10 bits per heavy atom. The molecule has 7 atom stereocenters. The molecule has 3 fully saturated rings. The zero-order valence-corrected chi connectivity index (χ0v) is 19.1. The summed E-state index contributed by atoms with van der Waals surface area (Å²) in [5.74, 6) is -0.716. The highest BCUT2D eigenvalue weighted by molar-refractivity contribution is 5.66. The molecule has 0 amide bonds. The highest BCUT2D eigenvalue weighted by Gasteiger charge is 2.64. The van der Waals surface area contributed by atoms with Gasteiger partial charge < -0.3 is 18.9 Å². The summed E-state index contributed by atoms with van der Waals surface area (Å²) in [5.41, 5.74) is -0.0991. The first-order valence-electron chi connectivity index (χ1n) is 11.0. The van der Waals surface area contributed by atoms with Crippen molar-refractivity contribution in [3.8, 4) is 0 Å². The lowest BCUT2D eigenvalue weighted by molar-refractivity contribution is -0.229. The van der Waals surface area contributed by atoms with Gasteiger partial charge in [0.15, 0.2) is 0 Å². The average Bonchev–Trinajstić information content (AvgIpc) is 2.90. The van der Waals surface area contributed by atoms with Crippen LogP contribution in [0.4, 0.5) is 0 Å². The molecule has 3 rings (SSSR count). The van der Waals surface area contributed by atoms with Crippen molar-refractivity contribution in [1.29, 1.82) is 0 Å². The van der Waals surface area contributed by atoms with Crippen LogP contribution in [0.15, 0.2) is 0 Å². The number of ether oxygens (including phenoxy) is 4. The highest BCUT2D eigenvalue weighted by atomic mass is 16.8. The van der Waals surface area contributed by atoms with Crippen molar-refractivity contribution in [2.45, 2.75) is 98.2 Å². The van der Waals surface area contributed by atoms with Gasteiger partial charge in [0.1, 0.15) is 0 Å². The fraction of sp³-hybridized carbons (Fsp3) is 0.913. The minimum Gasteiger partial charge on any atom is -0.435 e. The Morgan fingerprint density at radius 1 is 0.931 bits per heavy atom. The third-order valence-electron chi connectivity index (χ3n) is 7.84. The van der Waals surface area contributed by atoms with E-state index in [0.717, 1.165) is 19.3 Å². The van der Waals surface area contributed by atoms with E-state index in [0.29, 0.717) is 11.3 Å². The number of hydrogen-bond acceptors (Lipinski definition) is 6. The van der Waals surface area contributed by atoms with Crippen molar-refractivity contribution in [3.63, 3.8) is 0 Å². The van der Waals surface area contributed by atoms with E-state index in [1.807, 2.05) is 0 Å². The van der Waals surface area contributed by atoms with Crippen LogP contribution in [0.1, 0.15) is 80.1 Å². The molecule has 2 saturated carbocycles. The molecule has 0 aromatic rings. The molecule has 1 unspecified atom stereocenters. The van der Waals surface area contributed by atoms with Crippen LogP contribution in [0.3, 0.4) is 0 Å². The van der Waals surface area contributed by atoms with E-state index in [1.54, 1.807) is 7.11 Å². The molecule has 0 aromatic heterocycles. The number of methoxy groups -OCH3 is 1. The molecule has 6 heteroatoms. The van der Waals surface area contributed by atoms with Gasteiger partial charge in [-0.3, -0.25) is 9.59 Å². The lowest BCUT2D eigenvalue weighted by atomic mass is 9.50. The van der Waals surface area contributed by atoms with Crippen molar-refractivity contribution in [1.82, 2.24) is 0 Å². The summed E-state index contributed by atoms with van der Waals surface area (Å²) in [6, 6.07) is 0. The Bertz CT molecular complexity index is 645. The number of rotatable bonds is 4. The van der Waals surface area contributed by atoms with Gasteiger partial charge in [-0.15, -0.1) is 0 Å². The quantitative estimate of drug-likeness (QED) is 0.638. The number of carbonyl (C=O) groups excluding carboxylic acids is 2. The van der Waals surface area contributed by atoms with Crippen molar-refractivity contribution in [2.75, 3.05) is 7.11 Å². The van der Waals surface area contributed by atoms with Crippen LogP contribution in [0.5, 0.6) is 0 Å². The average molecular weight is 411 g/mol. The maximum Gasteiger partial charge on any atom is 0.304 e. The van der Waals surface area contributed by atoms with Crippen LogP contribution in [0.2, 0.25) is 0 Å². The van der Waals surface area contributed by atoms with E-state index in [-0.39, 0.29) is 23.2 Å². The van der Waals surface area contributed by atoms with Crippen LogP contribution in [0.25, 0.3) is 0 Å². The Labute approximate surface area is 175 Å². The van der Waals surface area contributed by atoms with Crippen molar-refractivity contribution < 1.29 is 28.5 Å². The normalized spacial score (nSPS) is 44.0. The van der Waals surface area contributed by atoms with Crippen LogP contribution < -0.4 is 0 Å². The number of carbonyl (C=O) groups is 2. The van der Waals surface area contributed by atoms with Crippen molar-refractivity contribution >= 4 is 11.9 Å². The molecule has 0 bridgehead atoms. The predicted octanol–water partition coefficient (Wildman–Crippen LogP) is 4.45. The van der Waals surface area contributed by atoms with E-state index >= 15 is 0 Å². The molecule has 0 N–H and O–H groups in total. The van der Waals surface area contributed by atoms with Crippen molar-refractivity contribution in [3.05, 3.63) is 0 Å². The predicted molar refractivity (Wildman–Crippen MR) is 108 cm³/mol. The van der Waals surface area contributed by atoms with Gasteiger partial charge in [-0.1, -0.05) is 27.2 Å². The molecule has 6 nitrogen and oxygen atoms in total. The van der Waals surface area contributed by atoms with Crippen LogP contribution in [-0.4, -0.2) is 37.2 Å². The first kappa shape index (κ1) is 22.5. The molecule has 0 spiro atoms. The van der Waals surface area contributed by atoms with Gasteiger partial charge in [-0.05, 0) is 55.8 Å². The standard InChI is InChI=1S/C23H38O6/c1-14(24)27-19-16-9-10-17(22(5)12-8-11-21(3,4)13-22)23(6,26-7)18(16)20(29-19)28-15(2)25/h16-20H,8-13H2,1-7H3/t16?,17-,18+,19-,20+,22+,23+/m1/s1. The fourth-order valence-electron chi connectivity index (χ4n) is 6.98. The number of esters is 2. The maximum absolute atomic E-state index is 11.8. The summed E-state index contributed by atoms with van der Waals surface area (Å²) >= 11 is 0. The summed E-state index contributed by atoms with van der Waals surface area (Å²) in [5, 5.41) is 0. The molecule has 1 aliphatic heterocycles. The third-order valence-corrected chi connectivity index (χ3v) is 7.84. The topological polar surface area (TPSA) is 71.1 Å². The van der Waals surface area contributed by atoms with Crippen LogP contribution in [0, 0.1) is 28.6 Å². The zero-order chi connectivity index (χ0) is 21.6. The number of fused-ring (bicyclic) bond motifs is 1. The summed E-state index contributed by atoms with van der Waals surface area (Å²) in [7, 11) is 1.75. The second-order valence-electron chi connectivity index (χ2n) is 10.6. The molecule has 0 radical (unpaired) electrons. The largest absolute Gasteiger partial charge is 0.435 e. The Balaban J connectivity index is 1.96. The molecule has 2 aliphatic carbocycles. The Morgan fingerprint density at radius 2 is 1.55 bits per heavy atom. The SMILES string of the molecule is CO[C@@]1(C)[C@@H]([C@@]2(C)CCCC(C)(C)C2)CCC2[C@H](OC(C)=O)O[C@H](OC(C)=O)[C@H]21. The molecule has 0 aromatic carbocycles. The van der Waals surface area contributed by atoms with Gasteiger partial charge >= 0.3 is 11.9 Å². The second-order valence-corrected chi connectivity index (χ2v) is 10.6. The molecular formula is C23H38O6. The molecule has 1 heterocycles. The maximum atomic E-state index is 11.8. The van der Waals surface area contributed by atoms with E-state index in [4.69, 9.17) is 18.9 Å². The second kappa shape index (κ2) is 7.84. The minimum absolute atomic E-state index is 0.0512. The summed E-state index contributed by atoms with van der Waals surface area (Å²) in [6.45, 7) is 12.0. The highest BCUT2D eigenvalue weighted by Crippen LogP contribution is 2.61. The Kier molecular flexibility index (Phi) is 6.10. The van der Waals surface area contributed by atoms with Gasteiger partial charge in [0.05, 0.1) is 11.5 Å². The van der Waals surface area contributed by atoms with Gasteiger partial charge in [0.2, 0.25) is 12.6 Å². The molecule has 3 aliphatic rings. The molecule has 166 valence electrons. The van der Waals surface area contributed by atoms with Gasteiger partial charge in [0.25, 0.3) is 0 Å². The minimum atomic E-state index is -0.769. The summed E-state index contributed by atoms with van der Waals surface area (Å²) in [4.78, 5) is 23.4. The first-order chi connectivity index (χ1) is 13.4. The fourth-order valence-corrected chi connectivity index (χ4v) is 6.98.